The molecule has 2 amide bonds. The summed E-state index contributed by atoms with van der Waals surface area (Å²) in [6, 6.07) is 36.7. The summed E-state index contributed by atoms with van der Waals surface area (Å²) in [6.45, 7) is 5.84. The van der Waals surface area contributed by atoms with Gasteiger partial charge in [0, 0.05) is 100 Å². The average Bonchev–Trinajstić information content (AvgIpc) is 3.34. The van der Waals surface area contributed by atoms with Gasteiger partial charge in [-0.3, -0.25) is 9.59 Å². The summed E-state index contributed by atoms with van der Waals surface area (Å²) in [6.07, 6.45) is 7.79. The summed E-state index contributed by atoms with van der Waals surface area (Å²) in [7, 11) is 20.4. The number of hydrogen-bond donors (Lipinski definition) is 2. The standard InChI is InChI=1S/C54H72N12O2S2/c1-61(45-25-21-43(22-26-45)57-59-49-29-35-63(3)51-19-11-9-17-47(49)51)33-15-37-65(5,6)41-53(67)55-31-13-39-69-70-40-14-32-56-54(68)42-66(7,8)38-16-34-62(2)46-27-23-44(24-28-46)58-60-50-30-36-64(4)52-20-12-10-18-48(50)52/h9-12,17-30,35-36H,13-16,31-34,37-42H2,1-8H3/q+2/p+2. The molecule has 0 fully saturated rings. The molecular weight excluding hydrogens is 913 g/mol. The number of aromatic nitrogens is 2. The Labute approximate surface area is 423 Å². The number of carbonyl (C=O) groups is 2. The highest BCUT2D eigenvalue weighted by Crippen LogP contribution is 2.28. The zero-order chi connectivity index (χ0) is 49.9. The molecule has 16 heteroatoms. The molecule has 0 saturated carbocycles. The molecule has 2 aromatic heterocycles. The second kappa shape index (κ2) is 26.3. The van der Waals surface area contributed by atoms with Crippen LogP contribution >= 0.6 is 21.6 Å². The van der Waals surface area contributed by atoms with E-state index in [2.05, 4.69) is 141 Å². The van der Waals surface area contributed by atoms with Crippen LogP contribution in [0.15, 0.2) is 142 Å². The molecule has 0 aliphatic heterocycles. The van der Waals surface area contributed by atoms with Crippen molar-refractivity contribution in [2.45, 2.75) is 25.7 Å². The first-order chi connectivity index (χ1) is 33.7. The number of nitrogens with zero attached hydrogens (tertiary/aromatic N) is 10. The molecule has 0 spiro atoms. The maximum absolute atomic E-state index is 12.8. The number of nitrogens with one attached hydrogen (secondary N) is 2. The lowest BCUT2D eigenvalue weighted by atomic mass is 10.2. The minimum Gasteiger partial charge on any atom is -0.374 e. The number of amides is 2. The molecule has 2 N–H and O–H groups in total. The number of rotatable bonds is 27. The van der Waals surface area contributed by atoms with E-state index in [1.54, 1.807) is 0 Å². The van der Waals surface area contributed by atoms with Gasteiger partial charge in [0.25, 0.3) is 11.8 Å². The maximum Gasteiger partial charge on any atom is 0.275 e. The molecule has 70 heavy (non-hydrogen) atoms. The van der Waals surface area contributed by atoms with Crippen LogP contribution in [-0.2, 0) is 23.7 Å². The molecule has 6 aromatic rings. The van der Waals surface area contributed by atoms with Crippen LogP contribution in [0.4, 0.5) is 34.1 Å². The summed E-state index contributed by atoms with van der Waals surface area (Å²) in [4.78, 5) is 30.1. The highest BCUT2D eigenvalue weighted by molar-refractivity contribution is 8.76. The number of benzene rings is 4. The average molecular weight is 987 g/mol. The van der Waals surface area contributed by atoms with Crippen LogP contribution in [-0.4, -0.2) is 127 Å². The number of quaternary nitrogens is 2. The summed E-state index contributed by atoms with van der Waals surface area (Å²) in [5.41, 5.74) is 7.78. The fraction of sp³-hybridized carbons (Fsp3) is 0.407. The summed E-state index contributed by atoms with van der Waals surface area (Å²) in [5, 5.41) is 26.5. The third-order valence-electron chi connectivity index (χ3n) is 12.4. The molecule has 0 aliphatic rings. The topological polar surface area (TPSA) is 122 Å². The normalized spacial score (nSPS) is 12.1. The molecule has 370 valence electrons. The van der Waals surface area contributed by atoms with Crippen molar-refractivity contribution in [3.05, 3.63) is 122 Å². The molecule has 0 aliphatic carbocycles. The Morgan fingerprint density at radius 3 is 1.31 bits per heavy atom. The van der Waals surface area contributed by atoms with Gasteiger partial charge in [-0.05, 0) is 73.5 Å². The van der Waals surface area contributed by atoms with Crippen molar-refractivity contribution < 1.29 is 27.7 Å². The first-order valence-electron chi connectivity index (χ1n) is 24.3. The Morgan fingerprint density at radius 2 is 0.914 bits per heavy atom. The zero-order valence-electron chi connectivity index (χ0n) is 42.6. The van der Waals surface area contributed by atoms with Crippen LogP contribution in [0.2, 0.25) is 0 Å². The first-order valence-corrected chi connectivity index (χ1v) is 26.8. The van der Waals surface area contributed by atoms with Crippen LogP contribution in [0.5, 0.6) is 0 Å². The Hall–Kier alpha value is -5.94. The van der Waals surface area contributed by atoms with Crippen molar-refractivity contribution in [1.82, 2.24) is 10.6 Å². The second-order valence-corrected chi connectivity index (χ2v) is 22.0. The fourth-order valence-electron chi connectivity index (χ4n) is 8.26. The third kappa shape index (κ3) is 16.9. The molecule has 4 aromatic carbocycles. The van der Waals surface area contributed by atoms with Crippen LogP contribution < -0.4 is 29.6 Å². The van der Waals surface area contributed by atoms with Crippen molar-refractivity contribution >= 4 is 89.3 Å². The van der Waals surface area contributed by atoms with Crippen molar-refractivity contribution in [3.63, 3.8) is 0 Å². The second-order valence-electron chi connectivity index (χ2n) is 19.3. The van der Waals surface area contributed by atoms with Gasteiger partial charge in [-0.2, -0.15) is 10.2 Å². The van der Waals surface area contributed by atoms with Crippen molar-refractivity contribution in [2.75, 3.05) is 116 Å². The number of azo groups is 2. The van der Waals surface area contributed by atoms with Gasteiger partial charge in [0.05, 0.1) is 63.4 Å². The summed E-state index contributed by atoms with van der Waals surface area (Å²) < 4.78 is 5.45. The molecule has 6 rings (SSSR count). The van der Waals surface area contributed by atoms with Gasteiger partial charge in [0.2, 0.25) is 11.0 Å². The van der Waals surface area contributed by atoms with Crippen LogP contribution in [0.1, 0.15) is 25.7 Å². The molecule has 0 atom stereocenters. The van der Waals surface area contributed by atoms with Crippen LogP contribution in [0.3, 0.4) is 0 Å². The number of pyridine rings is 2. The number of hydrogen-bond acceptors (Lipinski definition) is 10. The van der Waals surface area contributed by atoms with Gasteiger partial charge in [0.1, 0.15) is 25.5 Å². The largest absolute Gasteiger partial charge is 0.374 e. The Bertz CT molecular complexity index is 2510. The van der Waals surface area contributed by atoms with E-state index in [1.807, 2.05) is 109 Å². The third-order valence-corrected chi connectivity index (χ3v) is 14.9. The number of carbonyl (C=O) groups excluding carboxylic acids is 2. The highest BCUT2D eigenvalue weighted by atomic mass is 33.1. The highest BCUT2D eigenvalue weighted by Gasteiger charge is 2.21. The number of fused-ring (bicyclic) bond motifs is 2. The van der Waals surface area contributed by atoms with Crippen molar-refractivity contribution in [1.29, 1.82) is 0 Å². The van der Waals surface area contributed by atoms with Gasteiger partial charge >= 0.3 is 0 Å². The molecule has 0 bridgehead atoms. The van der Waals surface area contributed by atoms with Crippen LogP contribution in [0, 0.1) is 0 Å². The number of para-hydroxylation sites is 2. The molecule has 0 unspecified atom stereocenters. The minimum atomic E-state index is 0.0944. The van der Waals surface area contributed by atoms with E-state index in [0.717, 1.165) is 119 Å². The number of likely N-dealkylation sites (N-methyl/N-ethyl adjacent to an activating group) is 2. The number of aryl methyl sites for hydroxylation is 2. The van der Waals surface area contributed by atoms with Gasteiger partial charge in [-0.15, -0.1) is 10.2 Å². The Kier molecular flexibility index (Phi) is 20.1. The van der Waals surface area contributed by atoms with E-state index in [-0.39, 0.29) is 11.8 Å². The minimum absolute atomic E-state index is 0.0944. The van der Waals surface area contributed by atoms with E-state index in [4.69, 9.17) is 0 Å². The molecule has 0 radical (unpaired) electrons. The lowest BCUT2D eigenvalue weighted by molar-refractivity contribution is -0.882. The van der Waals surface area contributed by atoms with Crippen molar-refractivity contribution in [2.24, 2.45) is 34.6 Å². The maximum atomic E-state index is 12.8. The predicted octanol–water partition coefficient (Wildman–Crippen LogP) is 9.37. The van der Waals surface area contributed by atoms with E-state index >= 15 is 0 Å². The lowest BCUT2D eigenvalue weighted by Crippen LogP contribution is -2.48. The SMILES string of the molecule is CN(CCC[N+](C)(C)CC(=O)NCCCSSCCCNC(=O)C[N+](C)(C)CCCN(C)c1ccc(/N=N/c2cc[n+](C)c3ccccc23)cc1)c1ccc(/N=N/c2cc[n+](C)c3ccccc23)cc1. The molecule has 14 nitrogen and oxygen atoms in total. The van der Waals surface area contributed by atoms with Gasteiger partial charge in [0.15, 0.2) is 25.5 Å². The predicted molar refractivity (Wildman–Crippen MR) is 291 cm³/mol. The van der Waals surface area contributed by atoms with Gasteiger partial charge in [-0.1, -0.05) is 45.9 Å². The quantitative estimate of drug-likeness (QED) is 0.0175. The monoisotopic (exact) mass is 987 g/mol. The fourth-order valence-corrected chi connectivity index (χ4v) is 10.4. The molecular formula is C54H74N12O2S2+4. The lowest BCUT2D eigenvalue weighted by Gasteiger charge is -2.30. The van der Waals surface area contributed by atoms with Gasteiger partial charge < -0.3 is 29.4 Å². The first kappa shape index (κ1) is 53.4. The summed E-state index contributed by atoms with van der Waals surface area (Å²) >= 11 is 0. The van der Waals surface area contributed by atoms with Gasteiger partial charge in [-0.25, -0.2) is 9.13 Å². The smallest absolute Gasteiger partial charge is 0.275 e. The van der Waals surface area contributed by atoms with E-state index in [9.17, 15) is 9.59 Å². The van der Waals surface area contributed by atoms with E-state index in [0.29, 0.717) is 35.1 Å². The Balaban J connectivity index is 0.756. The molecule has 2 heterocycles. The summed E-state index contributed by atoms with van der Waals surface area (Å²) in [5.74, 6) is 2.13. The number of anilines is 2. The van der Waals surface area contributed by atoms with E-state index in [1.165, 1.54) is 0 Å². The van der Waals surface area contributed by atoms with Crippen molar-refractivity contribution in [3.8, 4) is 0 Å². The zero-order valence-corrected chi connectivity index (χ0v) is 44.2. The molecule has 0 saturated heterocycles. The Morgan fingerprint density at radius 1 is 0.529 bits per heavy atom. The van der Waals surface area contributed by atoms with Crippen LogP contribution in [0.25, 0.3) is 21.8 Å². The van der Waals surface area contributed by atoms with E-state index < -0.39 is 0 Å².